The highest BCUT2D eigenvalue weighted by Crippen LogP contribution is 2.18. The number of ether oxygens (including phenoxy) is 2. The molecule has 0 bridgehead atoms. The van der Waals surface area contributed by atoms with Gasteiger partial charge in [-0.25, -0.2) is 0 Å². The van der Waals surface area contributed by atoms with E-state index in [0.717, 1.165) is 28.6 Å². The van der Waals surface area contributed by atoms with Crippen LogP contribution in [0.3, 0.4) is 0 Å². The third kappa shape index (κ3) is 7.37. The van der Waals surface area contributed by atoms with Crippen molar-refractivity contribution in [3.63, 3.8) is 0 Å². The van der Waals surface area contributed by atoms with Crippen LogP contribution in [0.2, 0.25) is 0 Å². The van der Waals surface area contributed by atoms with E-state index >= 15 is 0 Å². The molecule has 2 aromatic carbocycles. The highest BCUT2D eigenvalue weighted by Gasteiger charge is 2.26. The zero-order chi connectivity index (χ0) is 21.9. The molecule has 0 heterocycles. The van der Waals surface area contributed by atoms with Crippen LogP contribution in [0.4, 0.5) is 0 Å². The summed E-state index contributed by atoms with van der Waals surface area (Å²) >= 11 is 3.37. The van der Waals surface area contributed by atoms with Crippen molar-refractivity contribution in [2.45, 2.75) is 39.3 Å². The Labute approximate surface area is 186 Å². The van der Waals surface area contributed by atoms with Gasteiger partial charge in [-0.2, -0.15) is 0 Å². The number of benzene rings is 2. The number of rotatable bonds is 11. The highest BCUT2D eigenvalue weighted by atomic mass is 79.9. The average molecular weight is 477 g/mol. The minimum Gasteiger partial charge on any atom is -0.497 e. The van der Waals surface area contributed by atoms with Crippen molar-refractivity contribution in [3.05, 3.63) is 58.6 Å². The topological polar surface area (TPSA) is 67.9 Å². The van der Waals surface area contributed by atoms with Crippen LogP contribution in [0.5, 0.6) is 11.5 Å². The number of methoxy groups -OCH3 is 1. The maximum atomic E-state index is 13.0. The van der Waals surface area contributed by atoms with Gasteiger partial charge in [0.1, 0.15) is 17.5 Å². The lowest BCUT2D eigenvalue weighted by atomic mass is 10.1. The number of halogens is 1. The molecule has 2 rings (SSSR count). The third-order valence-electron chi connectivity index (χ3n) is 4.68. The van der Waals surface area contributed by atoms with Gasteiger partial charge in [-0.1, -0.05) is 41.4 Å². The molecule has 0 aliphatic rings. The summed E-state index contributed by atoms with van der Waals surface area (Å²) in [6.45, 7) is 4.55. The Morgan fingerprint density at radius 1 is 1.07 bits per heavy atom. The van der Waals surface area contributed by atoms with Crippen molar-refractivity contribution in [2.24, 2.45) is 0 Å². The van der Waals surface area contributed by atoms with E-state index in [1.807, 2.05) is 36.4 Å². The van der Waals surface area contributed by atoms with E-state index in [1.165, 1.54) is 0 Å². The van der Waals surface area contributed by atoms with Crippen LogP contribution < -0.4 is 14.8 Å². The molecule has 162 valence electrons. The first-order valence-corrected chi connectivity index (χ1v) is 10.8. The molecule has 0 saturated carbocycles. The van der Waals surface area contributed by atoms with Crippen molar-refractivity contribution < 1.29 is 19.1 Å². The van der Waals surface area contributed by atoms with Crippen LogP contribution in [0.1, 0.15) is 32.3 Å². The Kier molecular flexibility index (Phi) is 9.67. The van der Waals surface area contributed by atoms with E-state index in [9.17, 15) is 9.59 Å². The Balaban J connectivity index is 2.10. The van der Waals surface area contributed by atoms with Crippen LogP contribution in [0.25, 0.3) is 0 Å². The van der Waals surface area contributed by atoms with E-state index < -0.39 is 6.04 Å². The van der Waals surface area contributed by atoms with Gasteiger partial charge >= 0.3 is 0 Å². The monoisotopic (exact) mass is 476 g/mol. The second-order valence-corrected chi connectivity index (χ2v) is 7.85. The molecule has 0 aliphatic heterocycles. The van der Waals surface area contributed by atoms with Gasteiger partial charge in [0.2, 0.25) is 5.91 Å². The number of amides is 2. The second kappa shape index (κ2) is 12.2. The molecule has 0 saturated heterocycles. The summed E-state index contributed by atoms with van der Waals surface area (Å²) in [5.41, 5.74) is 0.904. The van der Waals surface area contributed by atoms with Crippen molar-refractivity contribution in [2.75, 3.05) is 20.3 Å². The van der Waals surface area contributed by atoms with Gasteiger partial charge in [0.25, 0.3) is 5.91 Å². The zero-order valence-electron chi connectivity index (χ0n) is 17.7. The molecule has 1 atom stereocenters. The average Bonchev–Trinajstić information content (AvgIpc) is 2.77. The maximum Gasteiger partial charge on any atom is 0.261 e. The lowest BCUT2D eigenvalue weighted by Crippen LogP contribution is -2.49. The number of nitrogens with zero attached hydrogens (tertiary/aromatic N) is 1. The summed E-state index contributed by atoms with van der Waals surface area (Å²) in [6, 6.07) is 14.1. The minimum absolute atomic E-state index is 0.148. The van der Waals surface area contributed by atoms with Crippen LogP contribution in [-0.4, -0.2) is 43.0 Å². The fourth-order valence-electron chi connectivity index (χ4n) is 2.81. The Morgan fingerprint density at radius 3 is 2.30 bits per heavy atom. The first-order valence-electron chi connectivity index (χ1n) is 10.0. The minimum atomic E-state index is -0.620. The summed E-state index contributed by atoms with van der Waals surface area (Å²) in [7, 11) is 1.60. The summed E-state index contributed by atoms with van der Waals surface area (Å²) in [4.78, 5) is 27.1. The Bertz CT molecular complexity index is 809. The first kappa shape index (κ1) is 23.7. The lowest BCUT2D eigenvalue weighted by Gasteiger charge is -2.28. The summed E-state index contributed by atoms with van der Waals surface area (Å²) in [6.07, 6.45) is 1.89. The Morgan fingerprint density at radius 2 is 1.70 bits per heavy atom. The van der Waals surface area contributed by atoms with Gasteiger partial charge in [0, 0.05) is 17.6 Å². The molecule has 2 aromatic rings. The highest BCUT2D eigenvalue weighted by molar-refractivity contribution is 9.10. The van der Waals surface area contributed by atoms with Gasteiger partial charge < -0.3 is 19.7 Å². The molecule has 1 unspecified atom stereocenters. The van der Waals surface area contributed by atoms with E-state index in [-0.39, 0.29) is 18.4 Å². The van der Waals surface area contributed by atoms with Crippen LogP contribution in [-0.2, 0) is 16.1 Å². The van der Waals surface area contributed by atoms with Gasteiger partial charge in [0.05, 0.1) is 7.11 Å². The van der Waals surface area contributed by atoms with E-state index in [4.69, 9.17) is 9.47 Å². The van der Waals surface area contributed by atoms with E-state index in [2.05, 4.69) is 28.2 Å². The fraction of sp³-hybridized carbons (Fsp3) is 0.391. The SMILES string of the molecule is CCCCNC(=O)C(C)N(Cc1ccc(OC)cc1)C(=O)COc1ccc(Br)cc1. The number of hydrogen-bond acceptors (Lipinski definition) is 4. The van der Waals surface area contributed by atoms with Crippen LogP contribution in [0.15, 0.2) is 53.0 Å². The lowest BCUT2D eigenvalue weighted by molar-refractivity contribution is -0.142. The summed E-state index contributed by atoms with van der Waals surface area (Å²) in [5, 5.41) is 2.90. The van der Waals surface area contributed by atoms with E-state index in [0.29, 0.717) is 18.8 Å². The second-order valence-electron chi connectivity index (χ2n) is 6.93. The number of hydrogen-bond donors (Lipinski definition) is 1. The molecule has 0 fully saturated rings. The van der Waals surface area contributed by atoms with Crippen molar-refractivity contribution >= 4 is 27.7 Å². The van der Waals surface area contributed by atoms with E-state index in [1.54, 1.807) is 31.1 Å². The molecular formula is C23H29BrN2O4. The number of carbonyl (C=O) groups is 2. The quantitative estimate of drug-likeness (QED) is 0.494. The summed E-state index contributed by atoms with van der Waals surface area (Å²) < 4.78 is 11.8. The van der Waals surface area contributed by atoms with Gasteiger partial charge in [0.15, 0.2) is 6.61 Å². The molecule has 30 heavy (non-hydrogen) atoms. The standard InChI is InChI=1S/C23H29BrN2O4/c1-4-5-14-25-23(28)17(2)26(15-18-6-10-20(29-3)11-7-18)22(27)16-30-21-12-8-19(24)9-13-21/h6-13,17H,4-5,14-16H2,1-3H3,(H,25,28). The molecule has 1 N–H and O–H groups in total. The molecule has 0 radical (unpaired) electrons. The number of unbranched alkanes of at least 4 members (excludes halogenated alkanes) is 1. The fourth-order valence-corrected chi connectivity index (χ4v) is 3.07. The zero-order valence-corrected chi connectivity index (χ0v) is 19.3. The largest absolute Gasteiger partial charge is 0.497 e. The van der Waals surface area contributed by atoms with Crippen LogP contribution in [0, 0.1) is 0 Å². The van der Waals surface area contributed by atoms with Crippen LogP contribution >= 0.6 is 15.9 Å². The van der Waals surface area contributed by atoms with Gasteiger partial charge in [-0.05, 0) is 55.3 Å². The predicted octanol–water partition coefficient (Wildman–Crippen LogP) is 4.17. The van der Waals surface area contributed by atoms with Crippen molar-refractivity contribution in [3.8, 4) is 11.5 Å². The first-order chi connectivity index (χ1) is 14.4. The van der Waals surface area contributed by atoms with Gasteiger partial charge in [-0.15, -0.1) is 0 Å². The third-order valence-corrected chi connectivity index (χ3v) is 5.21. The summed E-state index contributed by atoms with van der Waals surface area (Å²) in [5.74, 6) is 0.900. The molecule has 0 aromatic heterocycles. The Hall–Kier alpha value is -2.54. The normalized spacial score (nSPS) is 11.5. The molecule has 6 nitrogen and oxygen atoms in total. The molecule has 0 spiro atoms. The molecular weight excluding hydrogens is 448 g/mol. The molecule has 2 amide bonds. The number of carbonyl (C=O) groups excluding carboxylic acids is 2. The van der Waals surface area contributed by atoms with Gasteiger partial charge in [-0.3, -0.25) is 9.59 Å². The molecule has 7 heteroatoms. The number of nitrogens with one attached hydrogen (secondary N) is 1. The smallest absolute Gasteiger partial charge is 0.261 e. The maximum absolute atomic E-state index is 13.0. The molecule has 0 aliphatic carbocycles. The van der Waals surface area contributed by atoms with Crippen molar-refractivity contribution in [1.82, 2.24) is 10.2 Å². The van der Waals surface area contributed by atoms with Crippen molar-refractivity contribution in [1.29, 1.82) is 0 Å². The predicted molar refractivity (Wildman–Crippen MR) is 121 cm³/mol.